The van der Waals surface area contributed by atoms with Crippen molar-refractivity contribution in [3.63, 3.8) is 0 Å². The largest absolute Gasteiger partial charge is 0.334 e. The standard InChI is InChI=1S/C9H12N2S2/c1-7-4-10-9(13-5-7)11-8-2-3-12-6-8/h2-3,6-7H,4-5H2,1H3,(H,10,11). The van der Waals surface area contributed by atoms with E-state index in [2.05, 4.69) is 34.1 Å². The normalized spacial score (nSPS) is 22.5. The molecule has 0 aliphatic carbocycles. The van der Waals surface area contributed by atoms with Gasteiger partial charge in [0.2, 0.25) is 0 Å². The lowest BCUT2D eigenvalue weighted by molar-refractivity contribution is 0.674. The molecule has 0 amide bonds. The Morgan fingerprint density at radius 1 is 1.62 bits per heavy atom. The highest BCUT2D eigenvalue weighted by atomic mass is 32.2. The zero-order chi connectivity index (χ0) is 9.10. The molecule has 1 aromatic heterocycles. The fourth-order valence-electron chi connectivity index (χ4n) is 1.09. The minimum absolute atomic E-state index is 0.720. The molecule has 1 N–H and O–H groups in total. The summed E-state index contributed by atoms with van der Waals surface area (Å²) in [5.41, 5.74) is 1.16. The minimum Gasteiger partial charge on any atom is -0.334 e. The van der Waals surface area contributed by atoms with Crippen LogP contribution in [0.25, 0.3) is 0 Å². The van der Waals surface area contributed by atoms with Crippen LogP contribution >= 0.6 is 23.1 Å². The van der Waals surface area contributed by atoms with E-state index in [4.69, 9.17) is 0 Å². The number of thioether (sulfide) groups is 1. The van der Waals surface area contributed by atoms with Crippen LogP contribution in [0.5, 0.6) is 0 Å². The summed E-state index contributed by atoms with van der Waals surface area (Å²) in [4.78, 5) is 4.46. The van der Waals surface area contributed by atoms with E-state index in [0.29, 0.717) is 0 Å². The summed E-state index contributed by atoms with van der Waals surface area (Å²) in [5.74, 6) is 1.90. The molecule has 4 heteroatoms. The van der Waals surface area contributed by atoms with E-state index in [9.17, 15) is 0 Å². The van der Waals surface area contributed by atoms with Crippen LogP contribution in [-0.2, 0) is 0 Å². The van der Waals surface area contributed by atoms with Crippen LogP contribution in [0.2, 0.25) is 0 Å². The molecule has 0 saturated carbocycles. The number of thiophene rings is 1. The van der Waals surface area contributed by atoms with Crippen molar-refractivity contribution < 1.29 is 0 Å². The van der Waals surface area contributed by atoms with Crippen molar-refractivity contribution >= 4 is 34.0 Å². The maximum Gasteiger partial charge on any atom is 0.161 e. The molecule has 2 rings (SSSR count). The molecule has 2 nitrogen and oxygen atoms in total. The molecular formula is C9H12N2S2. The second kappa shape index (κ2) is 4.15. The van der Waals surface area contributed by atoms with Gasteiger partial charge < -0.3 is 5.32 Å². The average Bonchev–Trinajstić information content (AvgIpc) is 2.62. The van der Waals surface area contributed by atoms with Crippen molar-refractivity contribution in [2.75, 3.05) is 17.6 Å². The Morgan fingerprint density at radius 2 is 2.54 bits per heavy atom. The van der Waals surface area contributed by atoms with Gasteiger partial charge >= 0.3 is 0 Å². The summed E-state index contributed by atoms with van der Waals surface area (Å²) >= 11 is 3.52. The van der Waals surface area contributed by atoms with Crippen LogP contribution in [0.1, 0.15) is 6.92 Å². The van der Waals surface area contributed by atoms with Gasteiger partial charge in [0, 0.05) is 17.7 Å². The van der Waals surface area contributed by atoms with Gasteiger partial charge in [-0.25, -0.2) is 0 Å². The van der Waals surface area contributed by atoms with Crippen LogP contribution in [-0.4, -0.2) is 17.5 Å². The number of amidine groups is 1. The van der Waals surface area contributed by atoms with Gasteiger partial charge in [-0.15, -0.1) is 0 Å². The van der Waals surface area contributed by atoms with Gasteiger partial charge in [-0.05, 0) is 17.4 Å². The molecule has 0 aromatic carbocycles. The number of hydrogen-bond donors (Lipinski definition) is 1. The summed E-state index contributed by atoms with van der Waals surface area (Å²) in [5, 5.41) is 8.54. The van der Waals surface area contributed by atoms with E-state index >= 15 is 0 Å². The first-order valence-corrected chi connectivity index (χ1v) is 6.24. The Bertz CT molecular complexity index is 293. The number of hydrogen-bond acceptors (Lipinski definition) is 4. The maximum atomic E-state index is 4.46. The molecule has 1 atom stereocenters. The fourth-order valence-corrected chi connectivity index (χ4v) is 2.58. The van der Waals surface area contributed by atoms with Crippen molar-refractivity contribution in [3.8, 4) is 0 Å². The predicted octanol–water partition coefficient (Wildman–Crippen LogP) is 2.90. The van der Waals surface area contributed by atoms with E-state index in [0.717, 1.165) is 23.3 Å². The number of aliphatic imine (C=N–C) groups is 1. The topological polar surface area (TPSA) is 24.4 Å². The molecule has 70 valence electrons. The average molecular weight is 212 g/mol. The van der Waals surface area contributed by atoms with Crippen LogP contribution in [0.4, 0.5) is 5.69 Å². The van der Waals surface area contributed by atoms with E-state index < -0.39 is 0 Å². The lowest BCUT2D eigenvalue weighted by atomic mass is 10.2. The van der Waals surface area contributed by atoms with Gasteiger partial charge in [-0.1, -0.05) is 18.7 Å². The summed E-state index contributed by atoms with van der Waals surface area (Å²) in [7, 11) is 0. The van der Waals surface area contributed by atoms with Crippen LogP contribution < -0.4 is 5.32 Å². The molecule has 0 spiro atoms. The first-order chi connectivity index (χ1) is 6.34. The lowest BCUT2D eigenvalue weighted by Crippen LogP contribution is -2.18. The van der Waals surface area contributed by atoms with Crippen LogP contribution in [0.15, 0.2) is 21.8 Å². The number of nitrogens with one attached hydrogen (secondary N) is 1. The third-order valence-electron chi connectivity index (χ3n) is 1.82. The molecule has 0 bridgehead atoms. The molecule has 0 radical (unpaired) electrons. The summed E-state index contributed by atoms with van der Waals surface area (Å²) in [6.45, 7) is 3.19. The Morgan fingerprint density at radius 3 is 3.15 bits per heavy atom. The highest BCUT2D eigenvalue weighted by molar-refractivity contribution is 8.14. The van der Waals surface area contributed by atoms with E-state index in [-0.39, 0.29) is 0 Å². The first kappa shape index (κ1) is 9.09. The van der Waals surface area contributed by atoms with E-state index in [1.54, 1.807) is 11.3 Å². The van der Waals surface area contributed by atoms with Crippen molar-refractivity contribution in [1.29, 1.82) is 0 Å². The SMILES string of the molecule is CC1CN=C(Nc2ccsc2)SC1. The predicted molar refractivity (Wildman–Crippen MR) is 61.9 cm³/mol. The Balaban J connectivity index is 1.96. The molecule has 2 heterocycles. The van der Waals surface area contributed by atoms with Gasteiger partial charge in [0.1, 0.15) is 0 Å². The van der Waals surface area contributed by atoms with Gasteiger partial charge in [0.15, 0.2) is 5.17 Å². The Hall–Kier alpha value is -0.480. The maximum absolute atomic E-state index is 4.46. The highest BCUT2D eigenvalue weighted by Crippen LogP contribution is 2.20. The molecule has 1 aliphatic heterocycles. The second-order valence-corrected chi connectivity index (χ2v) is 4.99. The third-order valence-corrected chi connectivity index (χ3v) is 3.75. The number of anilines is 1. The van der Waals surface area contributed by atoms with Crippen molar-refractivity contribution in [2.45, 2.75) is 6.92 Å². The number of rotatable bonds is 1. The van der Waals surface area contributed by atoms with Crippen molar-refractivity contribution in [3.05, 3.63) is 16.8 Å². The smallest absolute Gasteiger partial charge is 0.161 e. The van der Waals surface area contributed by atoms with Crippen molar-refractivity contribution in [2.24, 2.45) is 10.9 Å². The van der Waals surface area contributed by atoms with Gasteiger partial charge in [-0.2, -0.15) is 11.3 Å². The Labute approximate surface area is 86.5 Å². The molecule has 0 fully saturated rings. The third kappa shape index (κ3) is 2.48. The summed E-state index contributed by atoms with van der Waals surface area (Å²) in [6, 6.07) is 2.08. The van der Waals surface area contributed by atoms with Gasteiger partial charge in [0.25, 0.3) is 0 Å². The zero-order valence-corrected chi connectivity index (χ0v) is 9.12. The van der Waals surface area contributed by atoms with Crippen LogP contribution in [0.3, 0.4) is 0 Å². The summed E-state index contributed by atoms with van der Waals surface area (Å²) in [6.07, 6.45) is 0. The quantitative estimate of drug-likeness (QED) is 0.774. The zero-order valence-electron chi connectivity index (χ0n) is 7.49. The van der Waals surface area contributed by atoms with E-state index in [1.165, 1.54) is 5.75 Å². The van der Waals surface area contributed by atoms with Crippen molar-refractivity contribution in [1.82, 2.24) is 0 Å². The Kier molecular flexibility index (Phi) is 2.90. The highest BCUT2D eigenvalue weighted by Gasteiger charge is 2.11. The van der Waals surface area contributed by atoms with E-state index in [1.807, 2.05) is 11.8 Å². The molecule has 1 aliphatic rings. The van der Waals surface area contributed by atoms with Crippen LogP contribution in [0, 0.1) is 5.92 Å². The monoisotopic (exact) mass is 212 g/mol. The first-order valence-electron chi connectivity index (χ1n) is 4.31. The van der Waals surface area contributed by atoms with Gasteiger partial charge in [0.05, 0.1) is 5.69 Å². The molecule has 13 heavy (non-hydrogen) atoms. The second-order valence-electron chi connectivity index (χ2n) is 3.20. The fraction of sp³-hybridized carbons (Fsp3) is 0.444. The molecule has 1 aromatic rings. The molecular weight excluding hydrogens is 200 g/mol. The lowest BCUT2D eigenvalue weighted by Gasteiger charge is -2.17. The summed E-state index contributed by atoms with van der Waals surface area (Å²) < 4.78 is 0. The van der Waals surface area contributed by atoms with Gasteiger partial charge in [-0.3, -0.25) is 4.99 Å². The molecule has 1 unspecified atom stereocenters. The number of nitrogens with zero attached hydrogens (tertiary/aromatic N) is 1. The molecule has 0 saturated heterocycles. The minimum atomic E-state index is 0.720.